The zero-order valence-electron chi connectivity index (χ0n) is 9.14. The minimum absolute atomic E-state index is 0.0441. The maximum atomic E-state index is 12.2. The number of rotatable bonds is 0. The van der Waals surface area contributed by atoms with Crippen LogP contribution in [0.1, 0.15) is 23.0 Å². The van der Waals surface area contributed by atoms with E-state index in [1.54, 1.807) is 0 Å². The van der Waals surface area contributed by atoms with E-state index in [1.165, 1.54) is 11.1 Å². The first-order chi connectivity index (χ1) is 8.27. The summed E-state index contributed by atoms with van der Waals surface area (Å²) < 4.78 is 0. The highest BCUT2D eigenvalue weighted by Gasteiger charge is 2.50. The molecule has 0 spiro atoms. The number of allylic oxidation sites excluding steroid dienone is 4. The molecule has 0 heterocycles. The summed E-state index contributed by atoms with van der Waals surface area (Å²) in [4.78, 5) is 12.2. The fourth-order valence-corrected chi connectivity index (χ4v) is 3.85. The number of fused-ring (bicyclic) bond motifs is 2. The summed E-state index contributed by atoms with van der Waals surface area (Å²) in [5.41, 5.74) is 2.73. The van der Waals surface area contributed by atoms with E-state index in [4.69, 9.17) is 11.6 Å². The van der Waals surface area contributed by atoms with Crippen LogP contribution in [0, 0.1) is 11.8 Å². The van der Waals surface area contributed by atoms with Gasteiger partial charge in [0.2, 0.25) is 0 Å². The number of ketones is 1. The Morgan fingerprint density at radius 3 is 2.47 bits per heavy atom. The van der Waals surface area contributed by atoms with Crippen molar-refractivity contribution in [2.45, 2.75) is 11.8 Å². The minimum atomic E-state index is -0.0441. The van der Waals surface area contributed by atoms with Crippen LogP contribution in [0.3, 0.4) is 0 Å². The van der Waals surface area contributed by atoms with E-state index >= 15 is 0 Å². The third kappa shape index (κ3) is 1.08. The molecule has 0 fully saturated rings. The second-order valence-electron chi connectivity index (χ2n) is 5.05. The quantitative estimate of drug-likeness (QED) is 0.638. The van der Waals surface area contributed by atoms with Gasteiger partial charge in [0, 0.05) is 23.7 Å². The lowest BCUT2D eigenvalue weighted by Gasteiger charge is -2.46. The van der Waals surface area contributed by atoms with Gasteiger partial charge in [0.25, 0.3) is 0 Å². The minimum Gasteiger partial charge on any atom is -0.293 e. The van der Waals surface area contributed by atoms with Crippen molar-refractivity contribution in [3.8, 4) is 0 Å². The Kier molecular flexibility index (Phi) is 1.77. The molecule has 1 aromatic rings. The molecule has 0 unspecified atom stereocenters. The van der Waals surface area contributed by atoms with Gasteiger partial charge >= 0.3 is 0 Å². The molecule has 0 amide bonds. The van der Waals surface area contributed by atoms with Crippen LogP contribution in [-0.2, 0) is 4.79 Å². The molecule has 4 aliphatic rings. The van der Waals surface area contributed by atoms with Crippen LogP contribution in [0.2, 0.25) is 0 Å². The maximum Gasteiger partial charge on any atom is 0.181 e. The molecule has 2 heteroatoms. The molecule has 2 bridgehead atoms. The summed E-state index contributed by atoms with van der Waals surface area (Å²) in [6.07, 6.45) is 6.13. The highest BCUT2D eigenvalue weighted by atomic mass is 35.5. The molecule has 0 saturated heterocycles. The summed E-state index contributed by atoms with van der Waals surface area (Å²) in [6.45, 7) is 0. The number of carbonyl (C=O) groups excluding carboxylic acids is 1. The van der Waals surface area contributed by atoms with Gasteiger partial charge in [-0.2, -0.15) is 0 Å². The summed E-state index contributed by atoms with van der Waals surface area (Å²) in [7, 11) is 0. The molecule has 1 nitrogen and oxygen atoms in total. The van der Waals surface area contributed by atoms with E-state index in [1.807, 2.05) is 6.08 Å². The Morgan fingerprint density at radius 1 is 1.00 bits per heavy atom. The van der Waals surface area contributed by atoms with Crippen LogP contribution >= 0.6 is 11.6 Å². The number of benzene rings is 1. The third-order valence-corrected chi connectivity index (χ3v) is 4.63. The summed E-state index contributed by atoms with van der Waals surface area (Å²) >= 11 is 6.07. The van der Waals surface area contributed by atoms with Crippen LogP contribution in [0.5, 0.6) is 0 Å². The molecule has 0 N–H and O–H groups in total. The van der Waals surface area contributed by atoms with Gasteiger partial charge < -0.3 is 0 Å². The summed E-state index contributed by atoms with van der Waals surface area (Å²) in [5, 5.41) is 0.422. The van der Waals surface area contributed by atoms with Crippen LogP contribution in [0.15, 0.2) is 47.5 Å². The standard InChI is InChI=1S/C15H11ClO/c16-12-7-8-5-6-11(15(12)17)14-10-4-2-1-3-9(10)13(8)14/h1-8,11,13-14H/t8-,11-,13+,14+/m1/s1. The summed E-state index contributed by atoms with van der Waals surface area (Å²) in [6, 6.07) is 8.45. The topological polar surface area (TPSA) is 17.1 Å². The van der Waals surface area contributed by atoms with Crippen molar-refractivity contribution in [3.05, 3.63) is 58.7 Å². The second-order valence-corrected chi connectivity index (χ2v) is 5.45. The van der Waals surface area contributed by atoms with Crippen molar-refractivity contribution in [2.24, 2.45) is 11.8 Å². The van der Waals surface area contributed by atoms with E-state index in [2.05, 4.69) is 36.4 Å². The first-order valence-corrected chi connectivity index (χ1v) is 6.34. The molecule has 1 aromatic carbocycles. The van der Waals surface area contributed by atoms with Gasteiger partial charge in [-0.15, -0.1) is 0 Å². The first-order valence-electron chi connectivity index (χ1n) is 5.96. The van der Waals surface area contributed by atoms with Crippen LogP contribution in [0.25, 0.3) is 0 Å². The average molecular weight is 243 g/mol. The molecule has 0 aromatic heterocycles. The van der Waals surface area contributed by atoms with Gasteiger partial charge in [-0.25, -0.2) is 0 Å². The van der Waals surface area contributed by atoms with Crippen molar-refractivity contribution < 1.29 is 4.79 Å². The monoisotopic (exact) mass is 242 g/mol. The number of Topliss-reactive ketones (excluding diaryl/α,β-unsaturated/α-hetero) is 1. The van der Waals surface area contributed by atoms with Crippen molar-refractivity contribution in [2.75, 3.05) is 0 Å². The Balaban J connectivity index is 1.92. The molecule has 5 rings (SSSR count). The lowest BCUT2D eigenvalue weighted by Crippen LogP contribution is -2.37. The van der Waals surface area contributed by atoms with Gasteiger partial charge in [0.05, 0.1) is 5.03 Å². The maximum absolute atomic E-state index is 12.2. The van der Waals surface area contributed by atoms with E-state index in [-0.39, 0.29) is 11.7 Å². The van der Waals surface area contributed by atoms with E-state index in [0.717, 1.165) is 0 Å². The predicted molar refractivity (Wildman–Crippen MR) is 67.0 cm³/mol. The Bertz CT molecular complexity index is 584. The van der Waals surface area contributed by atoms with Gasteiger partial charge in [0.15, 0.2) is 5.78 Å². The zero-order valence-corrected chi connectivity index (χ0v) is 9.89. The van der Waals surface area contributed by atoms with Crippen LogP contribution in [0.4, 0.5) is 0 Å². The van der Waals surface area contributed by atoms with Crippen molar-refractivity contribution in [3.63, 3.8) is 0 Å². The van der Waals surface area contributed by atoms with Gasteiger partial charge in [-0.3, -0.25) is 4.79 Å². The summed E-state index contributed by atoms with van der Waals surface area (Å²) in [5.74, 6) is 1.15. The molecule has 4 aliphatic carbocycles. The van der Waals surface area contributed by atoms with Gasteiger partial charge in [-0.1, -0.05) is 54.1 Å². The first kappa shape index (κ1) is 9.67. The largest absolute Gasteiger partial charge is 0.293 e. The molecule has 17 heavy (non-hydrogen) atoms. The van der Waals surface area contributed by atoms with E-state index < -0.39 is 0 Å². The number of halogens is 1. The number of hydrogen-bond acceptors (Lipinski definition) is 1. The fourth-order valence-electron chi connectivity index (χ4n) is 3.58. The molecular weight excluding hydrogens is 232 g/mol. The smallest absolute Gasteiger partial charge is 0.181 e. The van der Waals surface area contributed by atoms with Crippen molar-refractivity contribution >= 4 is 17.4 Å². The van der Waals surface area contributed by atoms with Gasteiger partial charge in [0.1, 0.15) is 0 Å². The Labute approximate surface area is 105 Å². The highest BCUT2D eigenvalue weighted by Crippen LogP contribution is 2.59. The number of hydrogen-bond donors (Lipinski definition) is 0. The zero-order chi connectivity index (χ0) is 11.6. The van der Waals surface area contributed by atoms with E-state index in [0.29, 0.717) is 22.8 Å². The lowest BCUT2D eigenvalue weighted by atomic mass is 9.56. The normalized spacial score (nSPS) is 36.8. The molecule has 84 valence electrons. The molecule has 0 radical (unpaired) electrons. The predicted octanol–water partition coefficient (Wildman–Crippen LogP) is 3.38. The van der Waals surface area contributed by atoms with E-state index in [9.17, 15) is 4.79 Å². The molecule has 4 atom stereocenters. The Hall–Kier alpha value is -1.34. The lowest BCUT2D eigenvalue weighted by molar-refractivity contribution is -0.118. The van der Waals surface area contributed by atoms with Crippen molar-refractivity contribution in [1.29, 1.82) is 0 Å². The third-order valence-electron chi connectivity index (χ3n) is 4.32. The Morgan fingerprint density at radius 2 is 1.71 bits per heavy atom. The highest BCUT2D eigenvalue weighted by molar-refractivity contribution is 6.43. The average Bonchev–Trinajstić information content (AvgIpc) is 2.50. The molecular formula is C15H11ClO. The fraction of sp³-hybridized carbons (Fsp3) is 0.267. The second kappa shape index (κ2) is 3.11. The van der Waals surface area contributed by atoms with Crippen molar-refractivity contribution in [1.82, 2.24) is 0 Å². The van der Waals surface area contributed by atoms with Crippen LogP contribution < -0.4 is 0 Å². The number of carbonyl (C=O) groups is 1. The molecule has 0 aliphatic heterocycles. The SMILES string of the molecule is O=C1C(Cl)=C[C@H]2C=C[C@@H]1[C@@H]1c3ccccc3[C@H]21. The molecule has 0 saturated carbocycles. The van der Waals surface area contributed by atoms with Crippen LogP contribution in [-0.4, -0.2) is 5.78 Å². The van der Waals surface area contributed by atoms with Gasteiger partial charge in [-0.05, 0) is 11.1 Å².